The van der Waals surface area contributed by atoms with Crippen LogP contribution in [-0.4, -0.2) is 5.11 Å². The van der Waals surface area contributed by atoms with E-state index in [-0.39, 0.29) is 0 Å². The Hall–Kier alpha value is -0.310. The predicted octanol–water partition coefficient (Wildman–Crippen LogP) is 4.25. The van der Waals surface area contributed by atoms with Gasteiger partial charge in [0.25, 0.3) is 0 Å². The summed E-state index contributed by atoms with van der Waals surface area (Å²) in [4.78, 5) is 0. The Labute approximate surface area is 103 Å². The Balaban J connectivity index is 2.25. The van der Waals surface area contributed by atoms with Crippen molar-refractivity contribution in [3.8, 4) is 0 Å². The van der Waals surface area contributed by atoms with E-state index in [9.17, 15) is 5.11 Å². The quantitative estimate of drug-likeness (QED) is 0.806. The minimum Gasteiger partial charge on any atom is -0.384 e. The predicted molar refractivity (Wildman–Crippen MR) is 66.0 cm³/mol. The Morgan fingerprint density at radius 3 is 2.80 bits per heavy atom. The average molecular weight is 288 g/mol. The van der Waals surface area contributed by atoms with Crippen LogP contribution >= 0.6 is 27.5 Å². The van der Waals surface area contributed by atoms with Gasteiger partial charge in [-0.1, -0.05) is 23.7 Å². The third-order valence-corrected chi connectivity index (χ3v) is 3.90. The van der Waals surface area contributed by atoms with E-state index in [0.717, 1.165) is 34.9 Å². The summed E-state index contributed by atoms with van der Waals surface area (Å²) in [7, 11) is 0. The van der Waals surface area contributed by atoms with E-state index >= 15 is 0 Å². The van der Waals surface area contributed by atoms with Gasteiger partial charge in [-0.25, -0.2) is 0 Å². The summed E-state index contributed by atoms with van der Waals surface area (Å²) in [6.45, 7) is 0. The second-order valence-electron chi connectivity index (χ2n) is 3.75. The van der Waals surface area contributed by atoms with Crippen molar-refractivity contribution >= 4 is 27.5 Å². The molecule has 1 unspecified atom stereocenters. The van der Waals surface area contributed by atoms with Gasteiger partial charge in [-0.15, -0.1) is 0 Å². The first-order chi connectivity index (χ1) is 7.18. The van der Waals surface area contributed by atoms with E-state index in [1.54, 1.807) is 6.07 Å². The summed E-state index contributed by atoms with van der Waals surface area (Å²) < 4.78 is 0.833. The van der Waals surface area contributed by atoms with Gasteiger partial charge in [0.1, 0.15) is 6.10 Å². The van der Waals surface area contributed by atoms with Gasteiger partial charge in [-0.05, 0) is 58.5 Å². The van der Waals surface area contributed by atoms with E-state index in [4.69, 9.17) is 11.6 Å². The average Bonchev–Trinajstić information content (AvgIpc) is 2.74. The van der Waals surface area contributed by atoms with Crippen molar-refractivity contribution in [3.63, 3.8) is 0 Å². The van der Waals surface area contributed by atoms with E-state index < -0.39 is 6.10 Å². The zero-order chi connectivity index (χ0) is 10.8. The number of halogens is 2. The summed E-state index contributed by atoms with van der Waals surface area (Å²) in [6, 6.07) is 5.56. The molecule has 0 spiro atoms. The van der Waals surface area contributed by atoms with Crippen LogP contribution in [0.3, 0.4) is 0 Å². The van der Waals surface area contributed by atoms with Crippen molar-refractivity contribution in [2.24, 2.45) is 0 Å². The van der Waals surface area contributed by atoms with Crippen LogP contribution < -0.4 is 0 Å². The van der Waals surface area contributed by atoms with Gasteiger partial charge in [0.05, 0.1) is 5.02 Å². The van der Waals surface area contributed by atoms with E-state index in [2.05, 4.69) is 22.0 Å². The smallest absolute Gasteiger partial charge is 0.100 e. The SMILES string of the molecule is OC(C1=CCCC1)c1ccc(Cl)c(Br)c1. The van der Waals surface area contributed by atoms with Crippen LogP contribution in [-0.2, 0) is 0 Å². The molecule has 2 rings (SSSR count). The molecule has 80 valence electrons. The molecule has 1 aliphatic carbocycles. The molecule has 0 heterocycles. The van der Waals surface area contributed by atoms with Crippen LogP contribution in [0.15, 0.2) is 34.3 Å². The van der Waals surface area contributed by atoms with Crippen molar-refractivity contribution in [1.82, 2.24) is 0 Å². The fourth-order valence-corrected chi connectivity index (χ4v) is 2.35. The molecule has 1 aromatic carbocycles. The molecule has 0 bridgehead atoms. The lowest BCUT2D eigenvalue weighted by Crippen LogP contribution is -1.99. The van der Waals surface area contributed by atoms with Gasteiger partial charge in [-0.3, -0.25) is 0 Å². The van der Waals surface area contributed by atoms with Gasteiger partial charge in [-0.2, -0.15) is 0 Å². The maximum absolute atomic E-state index is 10.1. The zero-order valence-electron chi connectivity index (χ0n) is 8.21. The van der Waals surface area contributed by atoms with Crippen LogP contribution in [0.25, 0.3) is 0 Å². The fourth-order valence-electron chi connectivity index (χ4n) is 1.84. The van der Waals surface area contributed by atoms with Crippen LogP contribution in [0, 0.1) is 0 Å². The van der Waals surface area contributed by atoms with Crippen molar-refractivity contribution < 1.29 is 5.11 Å². The molecule has 15 heavy (non-hydrogen) atoms. The van der Waals surface area contributed by atoms with Crippen LogP contribution in [0.2, 0.25) is 5.02 Å². The molecule has 3 heteroatoms. The highest BCUT2D eigenvalue weighted by Crippen LogP contribution is 2.33. The minimum atomic E-state index is -0.471. The topological polar surface area (TPSA) is 20.2 Å². The summed E-state index contributed by atoms with van der Waals surface area (Å²) in [5.41, 5.74) is 2.03. The lowest BCUT2D eigenvalue weighted by atomic mass is 10.0. The first kappa shape index (κ1) is 11.2. The maximum Gasteiger partial charge on any atom is 0.100 e. The number of hydrogen-bond acceptors (Lipinski definition) is 1. The molecule has 1 aromatic rings. The van der Waals surface area contributed by atoms with Gasteiger partial charge >= 0.3 is 0 Å². The largest absolute Gasteiger partial charge is 0.384 e. The first-order valence-electron chi connectivity index (χ1n) is 5.00. The summed E-state index contributed by atoms with van der Waals surface area (Å²) in [6.07, 6.45) is 4.90. The lowest BCUT2D eigenvalue weighted by Gasteiger charge is -2.13. The van der Waals surface area contributed by atoms with Crippen LogP contribution in [0.5, 0.6) is 0 Å². The highest BCUT2D eigenvalue weighted by Gasteiger charge is 2.16. The van der Waals surface area contributed by atoms with Gasteiger partial charge in [0.2, 0.25) is 0 Å². The summed E-state index contributed by atoms with van der Waals surface area (Å²) in [5.74, 6) is 0. The fraction of sp³-hybridized carbons (Fsp3) is 0.333. The Morgan fingerprint density at radius 1 is 1.40 bits per heavy atom. The molecule has 0 radical (unpaired) electrons. The van der Waals surface area contributed by atoms with Gasteiger partial charge < -0.3 is 5.11 Å². The standard InChI is InChI=1S/C12H12BrClO/c13-10-7-9(5-6-11(10)14)12(15)8-3-1-2-4-8/h3,5-7,12,15H,1-2,4H2. The normalized spacial score (nSPS) is 17.7. The second-order valence-corrected chi connectivity index (χ2v) is 5.01. The van der Waals surface area contributed by atoms with Crippen LogP contribution in [0.4, 0.5) is 0 Å². The Kier molecular flexibility index (Phi) is 3.49. The first-order valence-corrected chi connectivity index (χ1v) is 6.17. The molecule has 0 fully saturated rings. The number of aliphatic hydroxyl groups excluding tert-OH is 1. The maximum atomic E-state index is 10.1. The highest BCUT2D eigenvalue weighted by molar-refractivity contribution is 9.10. The third-order valence-electron chi connectivity index (χ3n) is 2.69. The molecule has 0 aliphatic heterocycles. The lowest BCUT2D eigenvalue weighted by molar-refractivity contribution is 0.212. The van der Waals surface area contributed by atoms with Crippen molar-refractivity contribution in [2.45, 2.75) is 25.4 Å². The van der Waals surface area contributed by atoms with Crippen LogP contribution in [0.1, 0.15) is 30.9 Å². The second kappa shape index (κ2) is 4.69. The number of allylic oxidation sites excluding steroid dienone is 1. The molecule has 1 aliphatic rings. The van der Waals surface area contributed by atoms with Crippen molar-refractivity contribution in [3.05, 3.63) is 44.9 Å². The molecular formula is C12H12BrClO. The molecule has 0 amide bonds. The molecule has 1 N–H and O–H groups in total. The highest BCUT2D eigenvalue weighted by atomic mass is 79.9. The molecule has 0 aromatic heterocycles. The third kappa shape index (κ3) is 2.44. The number of hydrogen-bond donors (Lipinski definition) is 1. The van der Waals surface area contributed by atoms with E-state index in [1.165, 1.54) is 0 Å². The molecular weight excluding hydrogens is 275 g/mol. The summed E-state index contributed by atoms with van der Waals surface area (Å²) >= 11 is 9.26. The van der Waals surface area contributed by atoms with Crippen molar-refractivity contribution in [1.29, 1.82) is 0 Å². The van der Waals surface area contributed by atoms with E-state index in [0.29, 0.717) is 5.02 Å². The number of benzene rings is 1. The van der Waals surface area contributed by atoms with Gasteiger partial charge in [0, 0.05) is 4.47 Å². The Morgan fingerprint density at radius 2 is 2.20 bits per heavy atom. The molecule has 1 nitrogen and oxygen atoms in total. The summed E-state index contributed by atoms with van der Waals surface area (Å²) in [5, 5.41) is 10.8. The zero-order valence-corrected chi connectivity index (χ0v) is 10.6. The van der Waals surface area contributed by atoms with E-state index in [1.807, 2.05) is 12.1 Å². The monoisotopic (exact) mass is 286 g/mol. The van der Waals surface area contributed by atoms with Crippen molar-refractivity contribution in [2.75, 3.05) is 0 Å². The van der Waals surface area contributed by atoms with Gasteiger partial charge in [0.15, 0.2) is 0 Å². The molecule has 0 saturated heterocycles. The molecule has 1 atom stereocenters. The number of rotatable bonds is 2. The Bertz CT molecular complexity index is 401. The minimum absolute atomic E-state index is 0.471. The number of aliphatic hydroxyl groups is 1. The molecule has 0 saturated carbocycles.